The summed E-state index contributed by atoms with van der Waals surface area (Å²) in [6, 6.07) is 7.76. The number of aromatic carboxylic acids is 1. The minimum Gasteiger partial charge on any atom is -0.478 e. The average Bonchev–Trinajstić information content (AvgIpc) is 2.47. The number of nitrogens with one attached hydrogen (secondary N) is 1. The Morgan fingerprint density at radius 3 is 2.67 bits per heavy atom. The zero-order valence-corrected chi connectivity index (χ0v) is 11.8. The Morgan fingerprint density at radius 2 is 2.00 bits per heavy atom. The predicted molar refractivity (Wildman–Crippen MR) is 77.5 cm³/mol. The number of benzene rings is 1. The third-order valence-corrected chi connectivity index (χ3v) is 2.94. The highest BCUT2D eigenvalue weighted by Gasteiger charge is 2.13. The first kappa shape index (κ1) is 14.6. The maximum atomic E-state index is 12.3. The SMILES string of the molecule is CCc1nnc(C)cc1C(=O)Nc1cccc(C(=O)O)c1. The summed E-state index contributed by atoms with van der Waals surface area (Å²) in [6.45, 7) is 3.65. The monoisotopic (exact) mass is 285 g/mol. The van der Waals surface area contributed by atoms with E-state index < -0.39 is 5.97 Å². The van der Waals surface area contributed by atoms with Gasteiger partial charge < -0.3 is 10.4 Å². The molecule has 1 heterocycles. The van der Waals surface area contributed by atoms with Gasteiger partial charge in [0.15, 0.2) is 0 Å². The second kappa shape index (κ2) is 6.13. The molecule has 108 valence electrons. The quantitative estimate of drug-likeness (QED) is 0.899. The van der Waals surface area contributed by atoms with Crippen LogP contribution in [0.3, 0.4) is 0 Å². The number of carboxylic acid groups (broad SMARTS) is 1. The summed E-state index contributed by atoms with van der Waals surface area (Å²) in [5.41, 5.74) is 2.25. The van der Waals surface area contributed by atoms with Gasteiger partial charge in [-0.1, -0.05) is 13.0 Å². The zero-order chi connectivity index (χ0) is 15.4. The molecule has 2 aromatic rings. The molecule has 0 saturated carbocycles. The molecular weight excluding hydrogens is 270 g/mol. The molecule has 0 spiro atoms. The van der Waals surface area contributed by atoms with E-state index in [1.807, 2.05) is 6.92 Å². The van der Waals surface area contributed by atoms with E-state index in [1.165, 1.54) is 12.1 Å². The van der Waals surface area contributed by atoms with Gasteiger partial charge in [0.25, 0.3) is 5.91 Å². The van der Waals surface area contributed by atoms with Crippen molar-refractivity contribution in [1.82, 2.24) is 10.2 Å². The van der Waals surface area contributed by atoms with Crippen LogP contribution >= 0.6 is 0 Å². The lowest BCUT2D eigenvalue weighted by molar-refractivity contribution is 0.0696. The molecule has 0 unspecified atom stereocenters. The van der Waals surface area contributed by atoms with E-state index in [1.54, 1.807) is 25.1 Å². The first-order valence-electron chi connectivity index (χ1n) is 6.49. The molecule has 1 aromatic heterocycles. The normalized spacial score (nSPS) is 10.2. The van der Waals surface area contributed by atoms with Gasteiger partial charge in [0.05, 0.1) is 22.5 Å². The van der Waals surface area contributed by atoms with Crippen molar-refractivity contribution in [3.8, 4) is 0 Å². The molecule has 0 aliphatic rings. The fourth-order valence-electron chi connectivity index (χ4n) is 1.90. The highest BCUT2D eigenvalue weighted by Crippen LogP contribution is 2.14. The lowest BCUT2D eigenvalue weighted by Crippen LogP contribution is -2.16. The topological polar surface area (TPSA) is 92.2 Å². The third kappa shape index (κ3) is 3.42. The van der Waals surface area contributed by atoms with E-state index in [-0.39, 0.29) is 11.5 Å². The first-order chi connectivity index (χ1) is 10.0. The van der Waals surface area contributed by atoms with E-state index in [2.05, 4.69) is 15.5 Å². The highest BCUT2D eigenvalue weighted by atomic mass is 16.4. The summed E-state index contributed by atoms with van der Waals surface area (Å²) in [4.78, 5) is 23.2. The van der Waals surface area contributed by atoms with Crippen molar-refractivity contribution in [2.24, 2.45) is 0 Å². The zero-order valence-electron chi connectivity index (χ0n) is 11.8. The summed E-state index contributed by atoms with van der Waals surface area (Å²) < 4.78 is 0. The van der Waals surface area contributed by atoms with Crippen molar-refractivity contribution >= 4 is 17.6 Å². The Labute approximate surface area is 121 Å². The van der Waals surface area contributed by atoms with Gasteiger partial charge in [-0.3, -0.25) is 4.79 Å². The molecule has 0 saturated heterocycles. The van der Waals surface area contributed by atoms with Crippen molar-refractivity contribution in [1.29, 1.82) is 0 Å². The second-order valence-corrected chi connectivity index (χ2v) is 4.54. The van der Waals surface area contributed by atoms with Gasteiger partial charge in [-0.15, -0.1) is 0 Å². The molecule has 0 bridgehead atoms. The average molecular weight is 285 g/mol. The van der Waals surface area contributed by atoms with Crippen LogP contribution in [0.4, 0.5) is 5.69 Å². The number of carbonyl (C=O) groups excluding carboxylic acids is 1. The number of rotatable bonds is 4. The number of nitrogens with zero attached hydrogens (tertiary/aromatic N) is 2. The number of aryl methyl sites for hydroxylation is 2. The van der Waals surface area contributed by atoms with Gasteiger partial charge in [0.2, 0.25) is 0 Å². The Balaban J connectivity index is 2.28. The molecular formula is C15H15N3O3. The summed E-state index contributed by atoms with van der Waals surface area (Å²) in [5.74, 6) is -1.37. The Bertz CT molecular complexity index is 698. The third-order valence-electron chi connectivity index (χ3n) is 2.94. The van der Waals surface area contributed by atoms with Gasteiger partial charge in [0.1, 0.15) is 0 Å². The summed E-state index contributed by atoms with van der Waals surface area (Å²) >= 11 is 0. The van der Waals surface area contributed by atoms with E-state index in [0.29, 0.717) is 29.1 Å². The molecule has 0 atom stereocenters. The molecule has 2 N–H and O–H groups in total. The largest absolute Gasteiger partial charge is 0.478 e. The molecule has 6 heteroatoms. The van der Waals surface area contributed by atoms with Crippen LogP contribution in [-0.2, 0) is 6.42 Å². The minimum absolute atomic E-state index is 0.118. The van der Waals surface area contributed by atoms with E-state index >= 15 is 0 Å². The van der Waals surface area contributed by atoms with E-state index in [0.717, 1.165) is 0 Å². The molecule has 0 aliphatic carbocycles. The van der Waals surface area contributed by atoms with Crippen LogP contribution in [0.2, 0.25) is 0 Å². The summed E-state index contributed by atoms with van der Waals surface area (Å²) in [7, 11) is 0. The molecule has 0 fully saturated rings. The van der Waals surface area contributed by atoms with E-state index in [4.69, 9.17) is 5.11 Å². The molecule has 0 aliphatic heterocycles. The van der Waals surface area contributed by atoms with E-state index in [9.17, 15) is 9.59 Å². The molecule has 6 nitrogen and oxygen atoms in total. The maximum absolute atomic E-state index is 12.3. The van der Waals surface area contributed by atoms with Crippen LogP contribution in [0.25, 0.3) is 0 Å². The molecule has 0 radical (unpaired) electrons. The number of hydrogen-bond acceptors (Lipinski definition) is 4. The second-order valence-electron chi connectivity index (χ2n) is 4.54. The highest BCUT2D eigenvalue weighted by molar-refractivity contribution is 6.05. The summed E-state index contributed by atoms with van der Waals surface area (Å²) in [5, 5.41) is 19.6. The van der Waals surface area contributed by atoms with Crippen molar-refractivity contribution in [2.45, 2.75) is 20.3 Å². The number of carbonyl (C=O) groups is 2. The molecule has 1 amide bonds. The smallest absolute Gasteiger partial charge is 0.335 e. The molecule has 1 aromatic carbocycles. The van der Waals surface area contributed by atoms with Gasteiger partial charge in [-0.2, -0.15) is 10.2 Å². The van der Waals surface area contributed by atoms with Crippen molar-refractivity contribution in [2.75, 3.05) is 5.32 Å². The number of amides is 1. The summed E-state index contributed by atoms with van der Waals surface area (Å²) in [6.07, 6.45) is 0.588. The lowest BCUT2D eigenvalue weighted by atomic mass is 10.1. The number of hydrogen-bond donors (Lipinski definition) is 2. The van der Waals surface area contributed by atoms with Crippen LogP contribution in [0.15, 0.2) is 30.3 Å². The van der Waals surface area contributed by atoms with Gasteiger partial charge in [-0.25, -0.2) is 4.79 Å². The fourth-order valence-corrected chi connectivity index (χ4v) is 1.90. The lowest BCUT2D eigenvalue weighted by Gasteiger charge is -2.09. The predicted octanol–water partition coefficient (Wildman–Crippen LogP) is 2.30. The molecule has 2 rings (SSSR count). The standard InChI is InChI=1S/C15H15N3O3/c1-3-13-12(7-9(2)17-18-13)14(19)16-11-6-4-5-10(8-11)15(20)21/h4-8H,3H2,1-2H3,(H,16,19)(H,20,21). The maximum Gasteiger partial charge on any atom is 0.335 e. The van der Waals surface area contributed by atoms with Gasteiger partial charge in [-0.05, 0) is 37.6 Å². The molecule has 21 heavy (non-hydrogen) atoms. The first-order valence-corrected chi connectivity index (χ1v) is 6.49. The van der Waals surface area contributed by atoms with Crippen LogP contribution in [0.1, 0.15) is 39.0 Å². The Morgan fingerprint density at radius 1 is 1.24 bits per heavy atom. The fraction of sp³-hybridized carbons (Fsp3) is 0.200. The Kier molecular flexibility index (Phi) is 4.27. The van der Waals surface area contributed by atoms with Crippen LogP contribution in [0.5, 0.6) is 0 Å². The minimum atomic E-state index is -1.04. The van der Waals surface area contributed by atoms with Crippen LogP contribution < -0.4 is 5.32 Å². The van der Waals surface area contributed by atoms with Crippen LogP contribution in [0, 0.1) is 6.92 Å². The van der Waals surface area contributed by atoms with Crippen molar-refractivity contribution in [3.63, 3.8) is 0 Å². The number of anilines is 1. The number of carboxylic acids is 1. The van der Waals surface area contributed by atoms with Crippen LogP contribution in [-0.4, -0.2) is 27.2 Å². The number of aromatic nitrogens is 2. The van der Waals surface area contributed by atoms with Gasteiger partial charge >= 0.3 is 5.97 Å². The van der Waals surface area contributed by atoms with Gasteiger partial charge in [0, 0.05) is 5.69 Å². The van der Waals surface area contributed by atoms with Crippen molar-refractivity contribution in [3.05, 3.63) is 52.8 Å². The Hall–Kier alpha value is -2.76. The van der Waals surface area contributed by atoms with Crippen molar-refractivity contribution < 1.29 is 14.7 Å².